The number of hydrogen-bond donors (Lipinski definition) is 2. The molecule has 0 spiro atoms. The van der Waals surface area contributed by atoms with E-state index in [-0.39, 0.29) is 0 Å². The van der Waals surface area contributed by atoms with Crippen molar-refractivity contribution < 1.29 is 0 Å². The molecule has 60 valence electrons. The third-order valence-electron chi connectivity index (χ3n) is 2.05. The fourth-order valence-electron chi connectivity index (χ4n) is 1.42. The molecule has 1 rings (SSSR count). The second kappa shape index (κ2) is 4.69. The Hall–Kier alpha value is -0.0800. The van der Waals surface area contributed by atoms with Crippen LogP contribution >= 0.6 is 0 Å². The van der Waals surface area contributed by atoms with Gasteiger partial charge in [-0.1, -0.05) is 13.3 Å². The van der Waals surface area contributed by atoms with Crippen molar-refractivity contribution in [2.75, 3.05) is 19.6 Å². The molecule has 0 aliphatic carbocycles. The molecule has 0 aromatic rings. The lowest BCUT2D eigenvalue weighted by atomic mass is 10.1. The summed E-state index contributed by atoms with van der Waals surface area (Å²) < 4.78 is 0. The SMILES string of the molecule is CCNC[C@H]1CCCCN1. The molecule has 1 aliphatic rings. The molecule has 2 heteroatoms. The molecule has 10 heavy (non-hydrogen) atoms. The topological polar surface area (TPSA) is 24.1 Å². The molecule has 0 saturated carbocycles. The molecule has 1 aliphatic heterocycles. The Morgan fingerprint density at radius 3 is 3.00 bits per heavy atom. The van der Waals surface area contributed by atoms with Gasteiger partial charge < -0.3 is 10.6 Å². The van der Waals surface area contributed by atoms with Crippen LogP contribution in [0.15, 0.2) is 0 Å². The number of hydrogen-bond acceptors (Lipinski definition) is 2. The molecule has 0 radical (unpaired) electrons. The Bertz CT molecular complexity index is 77.3. The zero-order valence-electron chi connectivity index (χ0n) is 6.82. The minimum atomic E-state index is 0.744. The monoisotopic (exact) mass is 142 g/mol. The van der Waals surface area contributed by atoms with Crippen molar-refractivity contribution in [1.29, 1.82) is 0 Å². The standard InChI is InChI=1S/C8H18N2/c1-2-9-7-8-5-3-4-6-10-8/h8-10H,2-7H2,1H3/t8-/m1/s1. The van der Waals surface area contributed by atoms with Gasteiger partial charge in [-0.2, -0.15) is 0 Å². The molecular formula is C8H18N2. The van der Waals surface area contributed by atoms with Crippen molar-refractivity contribution in [2.24, 2.45) is 0 Å². The van der Waals surface area contributed by atoms with Crippen LogP contribution in [0.2, 0.25) is 0 Å². The normalized spacial score (nSPS) is 26.7. The summed E-state index contributed by atoms with van der Waals surface area (Å²) in [5, 5.41) is 6.85. The molecular weight excluding hydrogens is 124 g/mol. The van der Waals surface area contributed by atoms with Gasteiger partial charge in [0.05, 0.1) is 0 Å². The van der Waals surface area contributed by atoms with E-state index in [9.17, 15) is 0 Å². The van der Waals surface area contributed by atoms with Crippen LogP contribution in [0.5, 0.6) is 0 Å². The Morgan fingerprint density at radius 1 is 1.50 bits per heavy atom. The second-order valence-electron chi connectivity index (χ2n) is 2.95. The van der Waals surface area contributed by atoms with Gasteiger partial charge in [0.15, 0.2) is 0 Å². The van der Waals surface area contributed by atoms with Crippen molar-refractivity contribution in [1.82, 2.24) is 10.6 Å². The first-order valence-corrected chi connectivity index (χ1v) is 4.37. The first-order valence-electron chi connectivity index (χ1n) is 4.37. The first kappa shape index (κ1) is 8.02. The summed E-state index contributed by atoms with van der Waals surface area (Å²) >= 11 is 0. The summed E-state index contributed by atoms with van der Waals surface area (Å²) in [6.07, 6.45) is 4.12. The van der Waals surface area contributed by atoms with E-state index in [0.29, 0.717) is 0 Å². The predicted molar refractivity (Wildman–Crippen MR) is 44.2 cm³/mol. The highest BCUT2D eigenvalue weighted by Crippen LogP contribution is 2.05. The van der Waals surface area contributed by atoms with Gasteiger partial charge in [-0.3, -0.25) is 0 Å². The molecule has 2 N–H and O–H groups in total. The molecule has 0 amide bonds. The minimum absolute atomic E-state index is 0.744. The van der Waals surface area contributed by atoms with Crippen LogP contribution in [-0.2, 0) is 0 Å². The molecule has 1 heterocycles. The summed E-state index contributed by atoms with van der Waals surface area (Å²) in [6.45, 7) is 5.62. The van der Waals surface area contributed by atoms with Gasteiger partial charge in [0, 0.05) is 12.6 Å². The van der Waals surface area contributed by atoms with Gasteiger partial charge in [-0.05, 0) is 25.9 Å². The van der Waals surface area contributed by atoms with Gasteiger partial charge >= 0.3 is 0 Å². The third-order valence-corrected chi connectivity index (χ3v) is 2.05. The molecule has 2 nitrogen and oxygen atoms in total. The van der Waals surface area contributed by atoms with Crippen molar-refractivity contribution >= 4 is 0 Å². The number of likely N-dealkylation sites (N-methyl/N-ethyl adjacent to an activating group) is 1. The summed E-state index contributed by atoms with van der Waals surface area (Å²) in [7, 11) is 0. The van der Waals surface area contributed by atoms with Crippen molar-refractivity contribution in [2.45, 2.75) is 32.2 Å². The zero-order valence-corrected chi connectivity index (χ0v) is 6.82. The van der Waals surface area contributed by atoms with Gasteiger partial charge in [-0.25, -0.2) is 0 Å². The van der Waals surface area contributed by atoms with Gasteiger partial charge in [0.25, 0.3) is 0 Å². The Labute approximate surface area is 63.4 Å². The Kier molecular flexibility index (Phi) is 3.76. The average molecular weight is 142 g/mol. The summed E-state index contributed by atoms with van der Waals surface area (Å²) in [6, 6.07) is 0.744. The van der Waals surface area contributed by atoms with E-state index in [1.165, 1.54) is 25.8 Å². The first-order chi connectivity index (χ1) is 4.93. The van der Waals surface area contributed by atoms with Gasteiger partial charge in [-0.15, -0.1) is 0 Å². The summed E-state index contributed by atoms with van der Waals surface area (Å²) in [4.78, 5) is 0. The highest BCUT2D eigenvalue weighted by Gasteiger charge is 2.10. The molecule has 1 fully saturated rings. The fourth-order valence-corrected chi connectivity index (χ4v) is 1.42. The maximum atomic E-state index is 3.49. The van der Waals surface area contributed by atoms with Crippen molar-refractivity contribution in [3.05, 3.63) is 0 Å². The van der Waals surface area contributed by atoms with Crippen LogP contribution in [-0.4, -0.2) is 25.7 Å². The average Bonchev–Trinajstić information content (AvgIpc) is 2.03. The summed E-state index contributed by atoms with van der Waals surface area (Å²) in [5.74, 6) is 0. The van der Waals surface area contributed by atoms with E-state index in [1.807, 2.05) is 0 Å². The number of rotatable bonds is 3. The van der Waals surface area contributed by atoms with Crippen LogP contribution in [0, 0.1) is 0 Å². The Morgan fingerprint density at radius 2 is 2.40 bits per heavy atom. The smallest absolute Gasteiger partial charge is 0.0192 e. The van der Waals surface area contributed by atoms with E-state index in [1.54, 1.807) is 0 Å². The molecule has 0 bridgehead atoms. The van der Waals surface area contributed by atoms with E-state index >= 15 is 0 Å². The largest absolute Gasteiger partial charge is 0.315 e. The molecule has 1 saturated heterocycles. The number of piperidine rings is 1. The van der Waals surface area contributed by atoms with Crippen LogP contribution in [0.1, 0.15) is 26.2 Å². The minimum Gasteiger partial charge on any atom is -0.315 e. The van der Waals surface area contributed by atoms with E-state index in [0.717, 1.165) is 19.1 Å². The van der Waals surface area contributed by atoms with Crippen LogP contribution < -0.4 is 10.6 Å². The number of nitrogens with one attached hydrogen (secondary N) is 2. The molecule has 1 atom stereocenters. The lowest BCUT2D eigenvalue weighted by molar-refractivity contribution is 0.386. The van der Waals surface area contributed by atoms with E-state index in [2.05, 4.69) is 17.6 Å². The lowest BCUT2D eigenvalue weighted by Crippen LogP contribution is -2.41. The third kappa shape index (κ3) is 2.67. The Balaban J connectivity index is 2.02. The van der Waals surface area contributed by atoms with Gasteiger partial charge in [0.2, 0.25) is 0 Å². The van der Waals surface area contributed by atoms with Crippen LogP contribution in [0.25, 0.3) is 0 Å². The van der Waals surface area contributed by atoms with E-state index < -0.39 is 0 Å². The van der Waals surface area contributed by atoms with Gasteiger partial charge in [0.1, 0.15) is 0 Å². The van der Waals surface area contributed by atoms with Crippen LogP contribution in [0.3, 0.4) is 0 Å². The van der Waals surface area contributed by atoms with E-state index in [4.69, 9.17) is 0 Å². The van der Waals surface area contributed by atoms with Crippen LogP contribution in [0.4, 0.5) is 0 Å². The molecule has 0 aromatic carbocycles. The van der Waals surface area contributed by atoms with Crippen molar-refractivity contribution in [3.8, 4) is 0 Å². The fraction of sp³-hybridized carbons (Fsp3) is 1.00. The predicted octanol–water partition coefficient (Wildman–Crippen LogP) is 0.738. The highest BCUT2D eigenvalue weighted by molar-refractivity contribution is 4.73. The summed E-state index contributed by atoms with van der Waals surface area (Å²) in [5.41, 5.74) is 0. The molecule has 0 aromatic heterocycles. The highest BCUT2D eigenvalue weighted by atomic mass is 15.0. The lowest BCUT2D eigenvalue weighted by Gasteiger charge is -2.23. The van der Waals surface area contributed by atoms with Crippen molar-refractivity contribution in [3.63, 3.8) is 0 Å². The maximum absolute atomic E-state index is 3.49. The quantitative estimate of drug-likeness (QED) is 0.607. The maximum Gasteiger partial charge on any atom is 0.0192 e. The molecule has 0 unspecified atom stereocenters. The zero-order chi connectivity index (χ0) is 7.23. The second-order valence-corrected chi connectivity index (χ2v) is 2.95.